The summed E-state index contributed by atoms with van der Waals surface area (Å²) in [5.41, 5.74) is -0.640. The number of ether oxygens (including phenoxy) is 1. The molecule has 120 valence electrons. The minimum atomic E-state index is -0.640. The molecule has 0 aromatic rings. The fourth-order valence-corrected chi connectivity index (χ4v) is 3.47. The Morgan fingerprint density at radius 1 is 1.29 bits per heavy atom. The van der Waals surface area contributed by atoms with Gasteiger partial charge in [-0.15, -0.1) is 0 Å². The van der Waals surface area contributed by atoms with Crippen molar-refractivity contribution in [3.8, 4) is 0 Å². The molecule has 2 aliphatic rings. The van der Waals surface area contributed by atoms with Crippen LogP contribution in [0.3, 0.4) is 0 Å². The Balaban J connectivity index is 2.12. The van der Waals surface area contributed by atoms with Crippen LogP contribution in [0.1, 0.15) is 59.3 Å². The van der Waals surface area contributed by atoms with Crippen LogP contribution in [0.15, 0.2) is 0 Å². The molecule has 0 radical (unpaired) electrons. The Morgan fingerprint density at radius 3 is 2.52 bits per heavy atom. The lowest BCUT2D eigenvalue weighted by Gasteiger charge is -2.47. The Hall–Kier alpha value is -1.10. The molecule has 5 nitrogen and oxygen atoms in total. The summed E-state index contributed by atoms with van der Waals surface area (Å²) in [5, 5.41) is 3.04. The lowest BCUT2D eigenvalue weighted by Crippen LogP contribution is -2.71. The van der Waals surface area contributed by atoms with E-state index in [1.807, 2.05) is 20.8 Å². The molecule has 1 unspecified atom stereocenters. The zero-order chi connectivity index (χ0) is 15.5. The minimum Gasteiger partial charge on any atom is -0.377 e. The highest BCUT2D eigenvalue weighted by molar-refractivity contribution is 5.99. The fourth-order valence-electron chi connectivity index (χ4n) is 3.47. The second kappa shape index (κ2) is 6.77. The largest absolute Gasteiger partial charge is 0.377 e. The average Bonchev–Trinajstić information content (AvgIpc) is 2.45. The van der Waals surface area contributed by atoms with E-state index in [1.54, 1.807) is 4.90 Å². The van der Waals surface area contributed by atoms with Gasteiger partial charge in [-0.25, -0.2) is 0 Å². The van der Waals surface area contributed by atoms with Crippen LogP contribution in [0, 0.1) is 0 Å². The summed E-state index contributed by atoms with van der Waals surface area (Å²) in [6.45, 7) is 6.90. The smallest absolute Gasteiger partial charge is 0.249 e. The van der Waals surface area contributed by atoms with Gasteiger partial charge < -0.3 is 15.0 Å². The van der Waals surface area contributed by atoms with Crippen LogP contribution in [0.4, 0.5) is 0 Å². The van der Waals surface area contributed by atoms with Crippen LogP contribution in [-0.4, -0.2) is 47.6 Å². The number of hydrogen-bond acceptors (Lipinski definition) is 3. The van der Waals surface area contributed by atoms with E-state index in [-0.39, 0.29) is 24.0 Å². The number of amides is 2. The average molecular weight is 296 g/mol. The number of carbonyl (C=O) groups is 2. The highest BCUT2D eigenvalue weighted by atomic mass is 16.5. The number of carbonyl (C=O) groups excluding carboxylic acids is 2. The minimum absolute atomic E-state index is 0.00328. The molecule has 1 atom stereocenters. The van der Waals surface area contributed by atoms with Crippen molar-refractivity contribution in [3.05, 3.63) is 0 Å². The molecule has 21 heavy (non-hydrogen) atoms. The lowest BCUT2D eigenvalue weighted by molar-refractivity contribution is -0.157. The van der Waals surface area contributed by atoms with E-state index in [4.69, 9.17) is 4.74 Å². The summed E-state index contributed by atoms with van der Waals surface area (Å²) in [6, 6.07) is -0.346. The van der Waals surface area contributed by atoms with E-state index >= 15 is 0 Å². The van der Waals surface area contributed by atoms with E-state index in [2.05, 4.69) is 5.32 Å². The third kappa shape index (κ3) is 3.39. The van der Waals surface area contributed by atoms with Crippen molar-refractivity contribution in [2.45, 2.75) is 77.0 Å². The Bertz CT molecular complexity index is 389. The van der Waals surface area contributed by atoms with Crippen molar-refractivity contribution in [2.75, 3.05) is 13.2 Å². The van der Waals surface area contributed by atoms with E-state index in [0.717, 1.165) is 32.1 Å². The van der Waals surface area contributed by atoms with Gasteiger partial charge in [0.15, 0.2) is 0 Å². The van der Waals surface area contributed by atoms with Gasteiger partial charge in [0.05, 0.1) is 12.7 Å². The number of hydrogen-bond donors (Lipinski definition) is 1. The summed E-state index contributed by atoms with van der Waals surface area (Å²) in [4.78, 5) is 27.1. The predicted molar refractivity (Wildman–Crippen MR) is 80.8 cm³/mol. The van der Waals surface area contributed by atoms with Crippen molar-refractivity contribution in [1.82, 2.24) is 10.2 Å². The molecule has 0 bridgehead atoms. The number of nitrogens with zero attached hydrogens (tertiary/aromatic N) is 1. The monoisotopic (exact) mass is 296 g/mol. The van der Waals surface area contributed by atoms with Gasteiger partial charge >= 0.3 is 0 Å². The molecular weight excluding hydrogens is 268 g/mol. The van der Waals surface area contributed by atoms with E-state index in [0.29, 0.717) is 19.6 Å². The molecule has 1 saturated heterocycles. The molecule has 1 spiro atoms. The molecule has 1 heterocycles. The molecule has 1 aliphatic heterocycles. The summed E-state index contributed by atoms with van der Waals surface area (Å²) < 4.78 is 5.57. The highest BCUT2D eigenvalue weighted by Crippen LogP contribution is 2.33. The van der Waals surface area contributed by atoms with Crippen LogP contribution in [0.5, 0.6) is 0 Å². The summed E-state index contributed by atoms with van der Waals surface area (Å²) in [5.74, 6) is 0.101. The van der Waals surface area contributed by atoms with Gasteiger partial charge in [-0.2, -0.15) is 0 Å². The third-order valence-corrected chi connectivity index (χ3v) is 4.59. The Labute approximate surface area is 127 Å². The molecule has 1 aliphatic carbocycles. The van der Waals surface area contributed by atoms with Gasteiger partial charge in [-0.3, -0.25) is 9.59 Å². The first-order valence-electron chi connectivity index (χ1n) is 8.25. The Kier molecular flexibility index (Phi) is 5.25. The summed E-state index contributed by atoms with van der Waals surface area (Å²) in [7, 11) is 0. The first-order chi connectivity index (χ1) is 10.00. The summed E-state index contributed by atoms with van der Waals surface area (Å²) >= 11 is 0. The molecule has 2 fully saturated rings. The van der Waals surface area contributed by atoms with Crippen molar-refractivity contribution < 1.29 is 14.3 Å². The molecule has 1 saturated carbocycles. The topological polar surface area (TPSA) is 58.6 Å². The number of piperazine rings is 1. The number of rotatable bonds is 5. The number of nitrogens with one attached hydrogen (secondary N) is 1. The first kappa shape index (κ1) is 16.3. The summed E-state index contributed by atoms with van der Waals surface area (Å²) in [6.07, 6.45) is 5.51. The first-order valence-corrected chi connectivity index (χ1v) is 8.25. The van der Waals surface area contributed by atoms with Crippen LogP contribution in [0.2, 0.25) is 0 Å². The van der Waals surface area contributed by atoms with E-state index < -0.39 is 5.54 Å². The maximum absolute atomic E-state index is 12.9. The van der Waals surface area contributed by atoms with Gasteiger partial charge in [0.1, 0.15) is 11.6 Å². The Morgan fingerprint density at radius 2 is 1.95 bits per heavy atom. The van der Waals surface area contributed by atoms with E-state index in [1.165, 1.54) is 0 Å². The van der Waals surface area contributed by atoms with Gasteiger partial charge in [0, 0.05) is 6.54 Å². The highest BCUT2D eigenvalue weighted by Gasteiger charge is 2.50. The molecule has 1 N–H and O–H groups in total. The standard InChI is InChI=1S/C16H28N2O3/c1-4-13-14(19)17-16(8-6-5-7-9-16)15(20)18(13)10-11-21-12(2)3/h12-13H,4-11H2,1-3H3,(H,17,19). The second-order valence-electron chi connectivity index (χ2n) is 6.47. The molecule has 5 heteroatoms. The van der Waals surface area contributed by atoms with Crippen LogP contribution in [-0.2, 0) is 14.3 Å². The quantitative estimate of drug-likeness (QED) is 0.842. The van der Waals surface area contributed by atoms with Crippen molar-refractivity contribution in [2.24, 2.45) is 0 Å². The van der Waals surface area contributed by atoms with Gasteiger partial charge in [0.2, 0.25) is 11.8 Å². The molecular formula is C16H28N2O3. The zero-order valence-corrected chi connectivity index (χ0v) is 13.5. The molecule has 0 aromatic carbocycles. The normalized spacial score (nSPS) is 25.5. The van der Waals surface area contributed by atoms with Crippen molar-refractivity contribution >= 4 is 11.8 Å². The van der Waals surface area contributed by atoms with Gasteiger partial charge in [-0.05, 0) is 33.1 Å². The maximum Gasteiger partial charge on any atom is 0.249 e. The lowest BCUT2D eigenvalue weighted by atomic mass is 9.78. The van der Waals surface area contributed by atoms with Crippen LogP contribution < -0.4 is 5.32 Å². The zero-order valence-electron chi connectivity index (χ0n) is 13.5. The molecule has 2 rings (SSSR count). The fraction of sp³-hybridized carbons (Fsp3) is 0.875. The van der Waals surface area contributed by atoms with Gasteiger partial charge in [-0.1, -0.05) is 26.2 Å². The molecule has 0 aromatic heterocycles. The van der Waals surface area contributed by atoms with E-state index in [9.17, 15) is 9.59 Å². The predicted octanol–water partition coefficient (Wildman–Crippen LogP) is 1.85. The second-order valence-corrected chi connectivity index (χ2v) is 6.47. The third-order valence-electron chi connectivity index (χ3n) is 4.59. The SMILES string of the molecule is CCC1C(=O)NC2(CCCCC2)C(=O)N1CCOC(C)C. The maximum atomic E-state index is 12.9. The van der Waals surface area contributed by atoms with Crippen molar-refractivity contribution in [3.63, 3.8) is 0 Å². The van der Waals surface area contributed by atoms with Crippen molar-refractivity contribution in [1.29, 1.82) is 0 Å². The molecule has 2 amide bonds. The van der Waals surface area contributed by atoms with Gasteiger partial charge in [0.25, 0.3) is 0 Å². The van der Waals surface area contributed by atoms with Crippen LogP contribution in [0.25, 0.3) is 0 Å². The van der Waals surface area contributed by atoms with Crippen LogP contribution >= 0.6 is 0 Å².